The van der Waals surface area contributed by atoms with Crippen molar-refractivity contribution in [3.05, 3.63) is 59.2 Å². The molecule has 3 rings (SSSR count). The van der Waals surface area contributed by atoms with Crippen molar-refractivity contribution < 1.29 is 9.53 Å². The van der Waals surface area contributed by atoms with Crippen LogP contribution in [0.2, 0.25) is 0 Å². The fraction of sp³-hybridized carbons (Fsp3) is 0.409. The Labute approximate surface area is 156 Å². The molecule has 1 fully saturated rings. The van der Waals surface area contributed by atoms with Gasteiger partial charge in [-0.05, 0) is 42.2 Å². The molecule has 0 saturated carbocycles. The number of hydrogen-bond donors (Lipinski definition) is 0. The first kappa shape index (κ1) is 18.3. The molecule has 0 aliphatic carbocycles. The van der Waals surface area contributed by atoms with Gasteiger partial charge >= 0.3 is 0 Å². The second-order valence-corrected chi connectivity index (χ2v) is 6.64. The molecule has 1 amide bonds. The van der Waals surface area contributed by atoms with E-state index in [2.05, 4.69) is 36.9 Å². The maximum Gasteiger partial charge on any atom is 0.254 e. The van der Waals surface area contributed by atoms with Gasteiger partial charge in [-0.3, -0.25) is 4.79 Å². The zero-order valence-electron chi connectivity index (χ0n) is 16.0. The van der Waals surface area contributed by atoms with Gasteiger partial charge in [-0.15, -0.1) is 0 Å². The Kier molecular flexibility index (Phi) is 5.82. The Hall–Kier alpha value is -2.49. The second-order valence-electron chi connectivity index (χ2n) is 6.64. The minimum Gasteiger partial charge on any atom is -0.497 e. The summed E-state index contributed by atoms with van der Waals surface area (Å²) < 4.78 is 5.24. The molecule has 2 aromatic carbocycles. The summed E-state index contributed by atoms with van der Waals surface area (Å²) in [5.41, 5.74) is 4.88. The maximum atomic E-state index is 12.8. The van der Waals surface area contributed by atoms with E-state index in [1.807, 2.05) is 29.2 Å². The highest BCUT2D eigenvalue weighted by Crippen LogP contribution is 2.28. The first-order valence-corrected chi connectivity index (χ1v) is 9.47. The highest BCUT2D eigenvalue weighted by molar-refractivity contribution is 5.94. The molecule has 1 saturated heterocycles. The van der Waals surface area contributed by atoms with Crippen LogP contribution in [0, 0.1) is 0 Å². The van der Waals surface area contributed by atoms with Gasteiger partial charge < -0.3 is 14.5 Å². The van der Waals surface area contributed by atoms with Crippen molar-refractivity contribution in [2.75, 3.05) is 38.2 Å². The summed E-state index contributed by atoms with van der Waals surface area (Å²) in [7, 11) is 1.62. The molecule has 0 N–H and O–H groups in total. The number of nitrogens with zero attached hydrogens (tertiary/aromatic N) is 2. The number of anilines is 1. The number of aryl methyl sites for hydroxylation is 2. The van der Waals surface area contributed by atoms with Crippen LogP contribution in [0.1, 0.15) is 35.3 Å². The van der Waals surface area contributed by atoms with E-state index in [1.54, 1.807) is 7.11 Å². The number of rotatable bonds is 5. The molecule has 4 nitrogen and oxygen atoms in total. The van der Waals surface area contributed by atoms with Crippen molar-refractivity contribution in [3.8, 4) is 5.75 Å². The van der Waals surface area contributed by atoms with Crippen molar-refractivity contribution >= 4 is 11.6 Å². The standard InChI is InChI=1S/C22H28N2O2/c1-4-17-8-6-9-18(5-2)21(17)23-12-14-24(15-13-23)22(25)19-10-7-11-20(16-19)26-3/h6-11,16H,4-5,12-15H2,1-3H3. The summed E-state index contributed by atoms with van der Waals surface area (Å²) in [6.45, 7) is 7.66. The van der Waals surface area contributed by atoms with Crippen LogP contribution in [0.15, 0.2) is 42.5 Å². The molecule has 0 radical (unpaired) electrons. The number of carbonyl (C=O) groups is 1. The van der Waals surface area contributed by atoms with Crippen LogP contribution in [0.25, 0.3) is 0 Å². The molecule has 138 valence electrons. The Morgan fingerprint density at radius 3 is 2.15 bits per heavy atom. The molecule has 2 aromatic rings. The number of carbonyl (C=O) groups excluding carboxylic acids is 1. The summed E-state index contributed by atoms with van der Waals surface area (Å²) in [6, 6.07) is 14.0. The number of benzene rings is 2. The summed E-state index contributed by atoms with van der Waals surface area (Å²) in [5.74, 6) is 0.807. The fourth-order valence-electron chi connectivity index (χ4n) is 3.69. The van der Waals surface area contributed by atoms with Crippen LogP contribution in [-0.4, -0.2) is 44.1 Å². The van der Waals surface area contributed by atoms with Crippen LogP contribution >= 0.6 is 0 Å². The molecular weight excluding hydrogens is 324 g/mol. The van der Waals surface area contributed by atoms with Crippen LogP contribution in [0.5, 0.6) is 5.75 Å². The summed E-state index contributed by atoms with van der Waals surface area (Å²) in [4.78, 5) is 17.2. The predicted octanol–water partition coefficient (Wildman–Crippen LogP) is 3.78. The minimum absolute atomic E-state index is 0.0861. The van der Waals surface area contributed by atoms with Gasteiger partial charge in [0.1, 0.15) is 5.75 Å². The lowest BCUT2D eigenvalue weighted by Gasteiger charge is -2.38. The van der Waals surface area contributed by atoms with Gasteiger partial charge in [0.2, 0.25) is 0 Å². The molecule has 1 aliphatic heterocycles. The van der Waals surface area contributed by atoms with E-state index in [4.69, 9.17) is 4.74 Å². The first-order valence-electron chi connectivity index (χ1n) is 9.47. The molecule has 1 aliphatic rings. The van der Waals surface area contributed by atoms with Crippen molar-refractivity contribution in [1.29, 1.82) is 0 Å². The molecule has 0 bridgehead atoms. The molecule has 1 heterocycles. The monoisotopic (exact) mass is 352 g/mol. The third-order valence-corrected chi connectivity index (χ3v) is 5.16. The molecule has 0 aromatic heterocycles. The molecule has 0 unspecified atom stereocenters. The van der Waals surface area contributed by atoms with Gasteiger partial charge in [-0.2, -0.15) is 0 Å². The molecule has 26 heavy (non-hydrogen) atoms. The Balaban J connectivity index is 1.72. The largest absolute Gasteiger partial charge is 0.497 e. The van der Waals surface area contributed by atoms with Crippen LogP contribution < -0.4 is 9.64 Å². The maximum absolute atomic E-state index is 12.8. The predicted molar refractivity (Wildman–Crippen MR) is 106 cm³/mol. The van der Waals surface area contributed by atoms with Crippen LogP contribution in [0.3, 0.4) is 0 Å². The fourth-order valence-corrected chi connectivity index (χ4v) is 3.69. The molecule has 4 heteroatoms. The van der Waals surface area contributed by atoms with Gasteiger partial charge in [0, 0.05) is 37.4 Å². The van der Waals surface area contributed by atoms with Gasteiger partial charge in [-0.25, -0.2) is 0 Å². The van der Waals surface area contributed by atoms with Crippen LogP contribution in [0.4, 0.5) is 5.69 Å². The number of hydrogen-bond acceptors (Lipinski definition) is 3. The number of amides is 1. The normalized spacial score (nSPS) is 14.4. The van der Waals surface area contributed by atoms with E-state index in [1.165, 1.54) is 16.8 Å². The molecule has 0 spiro atoms. The van der Waals surface area contributed by atoms with E-state index in [0.29, 0.717) is 5.56 Å². The second kappa shape index (κ2) is 8.26. The lowest BCUT2D eigenvalue weighted by Crippen LogP contribution is -2.49. The van der Waals surface area contributed by atoms with Crippen molar-refractivity contribution in [2.45, 2.75) is 26.7 Å². The lowest BCUT2D eigenvalue weighted by molar-refractivity contribution is 0.0746. The first-order chi connectivity index (χ1) is 12.7. The SMILES string of the molecule is CCc1cccc(CC)c1N1CCN(C(=O)c2cccc(OC)c2)CC1. The number of ether oxygens (including phenoxy) is 1. The van der Waals surface area contributed by atoms with E-state index < -0.39 is 0 Å². The smallest absolute Gasteiger partial charge is 0.254 e. The summed E-state index contributed by atoms with van der Waals surface area (Å²) >= 11 is 0. The van der Waals surface area contributed by atoms with Gasteiger partial charge in [-0.1, -0.05) is 38.1 Å². The summed E-state index contributed by atoms with van der Waals surface area (Å²) in [6.07, 6.45) is 2.07. The van der Waals surface area contributed by atoms with Gasteiger partial charge in [0.05, 0.1) is 7.11 Å². The molecular formula is C22H28N2O2. The third kappa shape index (κ3) is 3.69. The van der Waals surface area contributed by atoms with E-state index in [-0.39, 0.29) is 5.91 Å². The topological polar surface area (TPSA) is 32.8 Å². The van der Waals surface area contributed by atoms with Gasteiger partial charge in [0.15, 0.2) is 0 Å². The van der Waals surface area contributed by atoms with Gasteiger partial charge in [0.25, 0.3) is 5.91 Å². The van der Waals surface area contributed by atoms with Crippen molar-refractivity contribution in [3.63, 3.8) is 0 Å². The number of methoxy groups -OCH3 is 1. The Morgan fingerprint density at radius 2 is 1.58 bits per heavy atom. The number of para-hydroxylation sites is 1. The highest BCUT2D eigenvalue weighted by Gasteiger charge is 2.24. The zero-order chi connectivity index (χ0) is 18.5. The van der Waals surface area contributed by atoms with E-state index in [0.717, 1.165) is 44.8 Å². The average Bonchev–Trinajstić information content (AvgIpc) is 2.72. The third-order valence-electron chi connectivity index (χ3n) is 5.16. The Morgan fingerprint density at radius 1 is 0.962 bits per heavy atom. The number of piperazine rings is 1. The Bertz CT molecular complexity index is 742. The van der Waals surface area contributed by atoms with Crippen molar-refractivity contribution in [1.82, 2.24) is 4.90 Å². The average molecular weight is 352 g/mol. The molecule has 0 atom stereocenters. The quantitative estimate of drug-likeness (QED) is 0.821. The lowest BCUT2D eigenvalue weighted by atomic mass is 10.0. The minimum atomic E-state index is 0.0861. The van der Waals surface area contributed by atoms with Crippen LogP contribution in [-0.2, 0) is 12.8 Å². The zero-order valence-corrected chi connectivity index (χ0v) is 16.0. The highest BCUT2D eigenvalue weighted by atomic mass is 16.5. The summed E-state index contributed by atoms with van der Waals surface area (Å²) in [5, 5.41) is 0. The van der Waals surface area contributed by atoms with E-state index >= 15 is 0 Å². The van der Waals surface area contributed by atoms with E-state index in [9.17, 15) is 4.79 Å². The van der Waals surface area contributed by atoms with Crippen molar-refractivity contribution in [2.24, 2.45) is 0 Å².